The van der Waals surface area contributed by atoms with Gasteiger partial charge in [0, 0.05) is 17.7 Å². The van der Waals surface area contributed by atoms with Crippen LogP contribution in [0.5, 0.6) is 0 Å². The maximum Gasteiger partial charge on any atom is 0.345 e. The van der Waals surface area contributed by atoms with Crippen molar-refractivity contribution in [3.05, 3.63) is 27.7 Å². The van der Waals surface area contributed by atoms with E-state index in [0.717, 1.165) is 4.88 Å². The highest BCUT2D eigenvalue weighted by Gasteiger charge is 2.12. The molecule has 0 amide bonds. The second-order valence-corrected chi connectivity index (χ2v) is 5.67. The summed E-state index contributed by atoms with van der Waals surface area (Å²) in [7, 11) is 1.56. The lowest BCUT2D eigenvalue weighted by Crippen LogP contribution is -2.14. The predicted molar refractivity (Wildman–Crippen MR) is 71.7 cm³/mol. The van der Waals surface area contributed by atoms with Crippen molar-refractivity contribution in [1.82, 2.24) is 14.9 Å². The van der Waals surface area contributed by atoms with Gasteiger partial charge in [-0.1, -0.05) is 11.8 Å². The molecule has 0 aromatic carbocycles. The van der Waals surface area contributed by atoms with E-state index < -0.39 is 5.97 Å². The van der Waals surface area contributed by atoms with E-state index in [0.29, 0.717) is 28.2 Å². The number of hydrogen-bond donors (Lipinski definition) is 2. The predicted octanol–water partition coefficient (Wildman–Crippen LogP) is 1.19. The van der Waals surface area contributed by atoms with Crippen molar-refractivity contribution < 1.29 is 14.6 Å². The van der Waals surface area contributed by atoms with Crippen molar-refractivity contribution in [2.45, 2.75) is 17.5 Å². The normalized spacial score (nSPS) is 10.8. The van der Waals surface area contributed by atoms with E-state index in [1.165, 1.54) is 27.8 Å². The summed E-state index contributed by atoms with van der Waals surface area (Å²) in [6, 6.07) is 3.38. The second-order valence-electron chi connectivity index (χ2n) is 3.56. The van der Waals surface area contributed by atoms with E-state index in [2.05, 4.69) is 10.2 Å². The molecule has 0 aliphatic rings. The number of thioether (sulfide) groups is 1. The molecular formula is C10H12N4O3S2. The largest absolute Gasteiger partial charge is 0.477 e. The van der Waals surface area contributed by atoms with Crippen LogP contribution < -0.4 is 5.84 Å². The number of aromatic nitrogens is 3. The fourth-order valence-electron chi connectivity index (χ4n) is 1.34. The van der Waals surface area contributed by atoms with Crippen molar-refractivity contribution in [1.29, 1.82) is 0 Å². The highest BCUT2D eigenvalue weighted by molar-refractivity contribution is 7.98. The van der Waals surface area contributed by atoms with E-state index in [4.69, 9.17) is 15.7 Å². The molecule has 2 heterocycles. The Bertz CT molecular complexity index is 581. The van der Waals surface area contributed by atoms with E-state index in [-0.39, 0.29) is 0 Å². The van der Waals surface area contributed by atoms with Crippen molar-refractivity contribution in [2.24, 2.45) is 0 Å². The van der Waals surface area contributed by atoms with E-state index in [9.17, 15) is 4.79 Å². The van der Waals surface area contributed by atoms with Crippen molar-refractivity contribution in [2.75, 3.05) is 13.0 Å². The van der Waals surface area contributed by atoms with Crippen LogP contribution in [0.15, 0.2) is 17.3 Å². The molecule has 0 saturated heterocycles. The van der Waals surface area contributed by atoms with Crippen molar-refractivity contribution >= 4 is 29.1 Å². The van der Waals surface area contributed by atoms with Crippen molar-refractivity contribution in [3.8, 4) is 0 Å². The third-order valence-electron chi connectivity index (χ3n) is 2.22. The first-order valence-electron chi connectivity index (χ1n) is 5.25. The summed E-state index contributed by atoms with van der Waals surface area (Å²) < 4.78 is 6.31. The minimum absolute atomic E-state index is 0.298. The van der Waals surface area contributed by atoms with Gasteiger partial charge in [-0.2, -0.15) is 0 Å². The Hall–Kier alpha value is -1.58. The van der Waals surface area contributed by atoms with Crippen LogP contribution in [0.25, 0.3) is 0 Å². The van der Waals surface area contributed by atoms with Gasteiger partial charge in [0.05, 0.1) is 0 Å². The van der Waals surface area contributed by atoms with Crippen LogP contribution in [-0.2, 0) is 17.1 Å². The molecule has 0 radical (unpaired) electrons. The fraction of sp³-hybridized carbons (Fsp3) is 0.300. The molecule has 0 spiro atoms. The summed E-state index contributed by atoms with van der Waals surface area (Å²) in [5, 5.41) is 17.3. The summed E-state index contributed by atoms with van der Waals surface area (Å²) in [6.07, 6.45) is 0. The minimum Gasteiger partial charge on any atom is -0.477 e. The summed E-state index contributed by atoms with van der Waals surface area (Å²) in [5.74, 6) is 6.04. The molecule has 2 rings (SSSR count). The molecule has 0 aliphatic heterocycles. The van der Waals surface area contributed by atoms with Gasteiger partial charge in [-0.15, -0.1) is 21.5 Å². The molecular weight excluding hydrogens is 288 g/mol. The fourth-order valence-corrected chi connectivity index (χ4v) is 3.10. The zero-order valence-electron chi connectivity index (χ0n) is 10.1. The Morgan fingerprint density at radius 3 is 3.00 bits per heavy atom. The number of rotatable bonds is 6. The maximum absolute atomic E-state index is 10.8. The summed E-state index contributed by atoms with van der Waals surface area (Å²) >= 11 is 2.64. The van der Waals surface area contributed by atoms with Gasteiger partial charge in [-0.05, 0) is 12.1 Å². The van der Waals surface area contributed by atoms with Crippen LogP contribution in [0.4, 0.5) is 0 Å². The molecule has 0 unspecified atom stereocenters. The van der Waals surface area contributed by atoms with Gasteiger partial charge in [-0.25, -0.2) is 9.47 Å². The Morgan fingerprint density at radius 1 is 1.58 bits per heavy atom. The summed E-state index contributed by atoms with van der Waals surface area (Å²) in [6.45, 7) is 0.298. The molecule has 2 aromatic heterocycles. The SMILES string of the molecule is COCc1nnc(SCc2ccc(C(=O)O)s2)n1N. The van der Waals surface area contributed by atoms with Crippen LogP contribution in [0, 0.1) is 0 Å². The third-order valence-corrected chi connectivity index (χ3v) is 4.47. The molecule has 9 heteroatoms. The number of thiophene rings is 1. The highest BCUT2D eigenvalue weighted by atomic mass is 32.2. The highest BCUT2D eigenvalue weighted by Crippen LogP contribution is 2.25. The first kappa shape index (κ1) is 13.8. The Kier molecular flexibility index (Phi) is 4.40. The molecule has 2 aromatic rings. The number of aromatic carboxylic acids is 1. The van der Waals surface area contributed by atoms with Crippen LogP contribution in [0.1, 0.15) is 20.4 Å². The molecule has 19 heavy (non-hydrogen) atoms. The number of methoxy groups -OCH3 is 1. The molecule has 0 bridgehead atoms. The average molecular weight is 300 g/mol. The Morgan fingerprint density at radius 2 is 2.37 bits per heavy atom. The summed E-state index contributed by atoms with van der Waals surface area (Å²) in [5.41, 5.74) is 0. The number of nitrogen functional groups attached to an aromatic ring is 1. The Balaban J connectivity index is 1.99. The molecule has 0 fully saturated rings. The topological polar surface area (TPSA) is 103 Å². The van der Waals surface area contributed by atoms with E-state index >= 15 is 0 Å². The smallest absolute Gasteiger partial charge is 0.345 e. The minimum atomic E-state index is -0.911. The number of carbonyl (C=O) groups is 1. The summed E-state index contributed by atoms with van der Waals surface area (Å²) in [4.78, 5) is 12.0. The van der Waals surface area contributed by atoms with Gasteiger partial charge < -0.3 is 15.7 Å². The number of carboxylic acids is 1. The number of hydrogen-bond acceptors (Lipinski definition) is 7. The number of nitrogens with zero attached hydrogens (tertiary/aromatic N) is 3. The first-order valence-corrected chi connectivity index (χ1v) is 7.05. The third kappa shape index (κ3) is 3.25. The molecule has 102 valence electrons. The van der Waals surface area contributed by atoms with Crippen LogP contribution in [0.2, 0.25) is 0 Å². The van der Waals surface area contributed by atoms with E-state index in [1.807, 2.05) is 0 Å². The zero-order valence-corrected chi connectivity index (χ0v) is 11.7. The van der Waals surface area contributed by atoms with Gasteiger partial charge >= 0.3 is 5.97 Å². The van der Waals surface area contributed by atoms with Gasteiger partial charge in [-0.3, -0.25) is 0 Å². The van der Waals surface area contributed by atoms with Gasteiger partial charge in [0.15, 0.2) is 5.82 Å². The van der Waals surface area contributed by atoms with Gasteiger partial charge in [0.2, 0.25) is 5.16 Å². The van der Waals surface area contributed by atoms with Crippen molar-refractivity contribution in [3.63, 3.8) is 0 Å². The monoisotopic (exact) mass is 300 g/mol. The lowest BCUT2D eigenvalue weighted by Gasteiger charge is -2.01. The van der Waals surface area contributed by atoms with E-state index in [1.54, 1.807) is 19.2 Å². The van der Waals surface area contributed by atoms with Crippen LogP contribution in [0.3, 0.4) is 0 Å². The molecule has 7 nitrogen and oxygen atoms in total. The second kappa shape index (κ2) is 6.04. The average Bonchev–Trinajstić information content (AvgIpc) is 2.97. The van der Waals surface area contributed by atoms with Crippen LogP contribution >= 0.6 is 23.1 Å². The molecule has 0 aliphatic carbocycles. The number of carboxylic acid groups (broad SMARTS) is 1. The Labute approximate surface area is 117 Å². The molecule has 0 saturated carbocycles. The quantitative estimate of drug-likeness (QED) is 0.610. The molecule has 0 atom stereocenters. The molecule has 3 N–H and O–H groups in total. The lowest BCUT2D eigenvalue weighted by atomic mass is 10.4. The number of nitrogens with two attached hydrogens (primary N) is 1. The lowest BCUT2D eigenvalue weighted by molar-refractivity contribution is 0.0702. The first-order chi connectivity index (χ1) is 9.11. The maximum atomic E-state index is 10.8. The number of ether oxygens (including phenoxy) is 1. The van der Waals surface area contributed by atoms with Crippen LogP contribution in [-0.4, -0.2) is 33.1 Å². The zero-order chi connectivity index (χ0) is 13.8. The standard InChI is InChI=1S/C10H12N4O3S2/c1-17-4-8-12-13-10(14(8)11)18-5-6-2-3-7(19-6)9(15)16/h2-3H,4-5,11H2,1H3,(H,15,16). The van der Waals surface area contributed by atoms with Gasteiger partial charge in [0.25, 0.3) is 0 Å². The van der Waals surface area contributed by atoms with Gasteiger partial charge in [0.1, 0.15) is 11.5 Å².